The maximum atomic E-state index is 12.2. The van der Waals surface area contributed by atoms with Crippen LogP contribution in [0.5, 0.6) is 0 Å². The normalized spacial score (nSPS) is 23.3. The molecule has 0 saturated heterocycles. The summed E-state index contributed by atoms with van der Waals surface area (Å²) < 4.78 is 0. The Morgan fingerprint density at radius 3 is 2.58 bits per heavy atom. The van der Waals surface area contributed by atoms with Gasteiger partial charge >= 0.3 is 0 Å². The number of hydrogen-bond donors (Lipinski definition) is 1. The molecule has 1 aliphatic carbocycles. The van der Waals surface area contributed by atoms with Crippen LogP contribution >= 0.6 is 0 Å². The van der Waals surface area contributed by atoms with Crippen molar-refractivity contribution < 1.29 is 4.79 Å². The van der Waals surface area contributed by atoms with Gasteiger partial charge < -0.3 is 10.2 Å². The van der Waals surface area contributed by atoms with Crippen LogP contribution in [-0.4, -0.2) is 37.5 Å². The standard InChI is InChI=1S/C16H24N2O/c1-18(2)12-14-10-6-7-11-15(14)17-16(19)13-8-4-3-5-9-13/h3-5,8-9,14-15H,6-7,10-12H2,1-2H3,(H,17,19)/t14-,15+/m1/s1. The van der Waals surface area contributed by atoms with Crippen LogP contribution in [0.1, 0.15) is 36.0 Å². The largest absolute Gasteiger partial charge is 0.349 e. The van der Waals surface area contributed by atoms with Gasteiger partial charge in [0.05, 0.1) is 0 Å². The highest BCUT2D eigenvalue weighted by atomic mass is 16.1. The topological polar surface area (TPSA) is 32.3 Å². The highest BCUT2D eigenvalue weighted by molar-refractivity contribution is 5.94. The monoisotopic (exact) mass is 260 g/mol. The molecule has 0 spiro atoms. The lowest BCUT2D eigenvalue weighted by Crippen LogP contribution is -2.45. The average Bonchev–Trinajstić information content (AvgIpc) is 2.41. The Kier molecular flexibility index (Phi) is 4.97. The van der Waals surface area contributed by atoms with Crippen molar-refractivity contribution in [1.29, 1.82) is 0 Å². The molecule has 2 rings (SSSR count). The molecule has 0 bridgehead atoms. The summed E-state index contributed by atoms with van der Waals surface area (Å²) in [5.41, 5.74) is 0.761. The van der Waals surface area contributed by atoms with Gasteiger partial charge in [-0.15, -0.1) is 0 Å². The minimum atomic E-state index is 0.0660. The van der Waals surface area contributed by atoms with E-state index in [1.54, 1.807) is 0 Å². The van der Waals surface area contributed by atoms with E-state index < -0.39 is 0 Å². The molecule has 0 unspecified atom stereocenters. The van der Waals surface area contributed by atoms with Crippen LogP contribution in [0, 0.1) is 5.92 Å². The predicted molar refractivity (Wildman–Crippen MR) is 78.2 cm³/mol. The summed E-state index contributed by atoms with van der Waals surface area (Å²) in [5, 5.41) is 3.22. The molecule has 0 aliphatic heterocycles. The highest BCUT2D eigenvalue weighted by Crippen LogP contribution is 2.25. The molecule has 1 saturated carbocycles. The van der Waals surface area contributed by atoms with Crippen molar-refractivity contribution in [2.45, 2.75) is 31.7 Å². The van der Waals surface area contributed by atoms with Gasteiger partial charge in [0.15, 0.2) is 0 Å². The Morgan fingerprint density at radius 2 is 1.89 bits per heavy atom. The number of rotatable bonds is 4. The minimum absolute atomic E-state index is 0.0660. The van der Waals surface area contributed by atoms with Crippen LogP contribution in [0.2, 0.25) is 0 Å². The molecule has 3 heteroatoms. The third-order valence-electron chi connectivity index (χ3n) is 3.86. The maximum Gasteiger partial charge on any atom is 0.251 e. The predicted octanol–water partition coefficient (Wildman–Crippen LogP) is 2.54. The first kappa shape index (κ1) is 14.1. The lowest BCUT2D eigenvalue weighted by atomic mass is 9.84. The van der Waals surface area contributed by atoms with E-state index in [-0.39, 0.29) is 5.91 Å². The number of nitrogens with one attached hydrogen (secondary N) is 1. The van der Waals surface area contributed by atoms with Crippen LogP contribution in [0.25, 0.3) is 0 Å². The first-order chi connectivity index (χ1) is 9.16. The van der Waals surface area contributed by atoms with Gasteiger partial charge in [-0.2, -0.15) is 0 Å². The highest BCUT2D eigenvalue weighted by Gasteiger charge is 2.26. The van der Waals surface area contributed by atoms with Gasteiger partial charge in [-0.3, -0.25) is 4.79 Å². The van der Waals surface area contributed by atoms with E-state index in [0.29, 0.717) is 12.0 Å². The van der Waals surface area contributed by atoms with Crippen molar-refractivity contribution in [3.63, 3.8) is 0 Å². The molecule has 104 valence electrons. The minimum Gasteiger partial charge on any atom is -0.349 e. The van der Waals surface area contributed by atoms with E-state index in [4.69, 9.17) is 0 Å². The molecule has 0 aromatic heterocycles. The first-order valence-electron chi connectivity index (χ1n) is 7.17. The zero-order valence-corrected chi connectivity index (χ0v) is 11.9. The summed E-state index contributed by atoms with van der Waals surface area (Å²) in [6.07, 6.45) is 4.84. The Morgan fingerprint density at radius 1 is 1.21 bits per heavy atom. The fourth-order valence-corrected chi connectivity index (χ4v) is 2.93. The fourth-order valence-electron chi connectivity index (χ4n) is 2.93. The molecule has 1 aromatic carbocycles. The molecule has 2 atom stereocenters. The number of hydrogen-bond acceptors (Lipinski definition) is 2. The number of nitrogens with zero attached hydrogens (tertiary/aromatic N) is 1. The van der Waals surface area contributed by atoms with Gasteiger partial charge in [0.1, 0.15) is 0 Å². The lowest BCUT2D eigenvalue weighted by Gasteiger charge is -2.34. The third kappa shape index (κ3) is 4.06. The zero-order valence-electron chi connectivity index (χ0n) is 11.9. The van der Waals surface area contributed by atoms with Crippen molar-refractivity contribution in [3.05, 3.63) is 35.9 Å². The number of carbonyl (C=O) groups is 1. The van der Waals surface area contributed by atoms with Crippen molar-refractivity contribution in [1.82, 2.24) is 10.2 Å². The smallest absolute Gasteiger partial charge is 0.251 e. The van der Waals surface area contributed by atoms with Crippen LogP contribution in [0.4, 0.5) is 0 Å². The summed E-state index contributed by atoms with van der Waals surface area (Å²) in [6.45, 7) is 1.06. The molecule has 19 heavy (non-hydrogen) atoms. The molecule has 0 heterocycles. The van der Waals surface area contributed by atoms with Crippen molar-refractivity contribution >= 4 is 5.91 Å². The summed E-state index contributed by atoms with van der Waals surface area (Å²) >= 11 is 0. The lowest BCUT2D eigenvalue weighted by molar-refractivity contribution is 0.0895. The van der Waals surface area contributed by atoms with Gasteiger partial charge in [-0.1, -0.05) is 31.0 Å². The van der Waals surface area contributed by atoms with Gasteiger partial charge in [0, 0.05) is 18.2 Å². The summed E-state index contributed by atoms with van der Waals surface area (Å²) in [6, 6.07) is 9.83. The van der Waals surface area contributed by atoms with Crippen LogP contribution in [-0.2, 0) is 0 Å². The fraction of sp³-hybridized carbons (Fsp3) is 0.562. The molecule has 1 aliphatic rings. The van der Waals surface area contributed by atoms with E-state index in [0.717, 1.165) is 18.5 Å². The van der Waals surface area contributed by atoms with Crippen LogP contribution < -0.4 is 5.32 Å². The molecule has 0 radical (unpaired) electrons. The molecular formula is C16H24N2O. The third-order valence-corrected chi connectivity index (χ3v) is 3.86. The molecular weight excluding hydrogens is 236 g/mol. The SMILES string of the molecule is CN(C)C[C@H]1CCCC[C@@H]1NC(=O)c1ccccc1. The molecule has 1 amide bonds. The van der Waals surface area contributed by atoms with Crippen LogP contribution in [0.3, 0.4) is 0 Å². The van der Waals surface area contributed by atoms with Crippen molar-refractivity contribution in [3.8, 4) is 0 Å². The molecule has 1 fully saturated rings. The van der Waals surface area contributed by atoms with Crippen molar-refractivity contribution in [2.24, 2.45) is 5.92 Å². The molecule has 1 aromatic rings. The second kappa shape index (κ2) is 6.71. The molecule has 1 N–H and O–H groups in total. The van der Waals surface area contributed by atoms with Gasteiger partial charge in [0.2, 0.25) is 0 Å². The summed E-state index contributed by atoms with van der Waals surface area (Å²) in [5.74, 6) is 0.646. The quantitative estimate of drug-likeness (QED) is 0.902. The Balaban J connectivity index is 1.97. The van der Waals surface area contributed by atoms with Gasteiger partial charge in [-0.05, 0) is 45.0 Å². The van der Waals surface area contributed by atoms with Gasteiger partial charge in [0.25, 0.3) is 5.91 Å². The van der Waals surface area contributed by atoms with E-state index in [9.17, 15) is 4.79 Å². The number of carbonyl (C=O) groups excluding carboxylic acids is 1. The van der Waals surface area contributed by atoms with E-state index in [1.165, 1.54) is 19.3 Å². The Bertz CT molecular complexity index is 402. The second-order valence-electron chi connectivity index (χ2n) is 5.75. The molecule has 3 nitrogen and oxygen atoms in total. The van der Waals surface area contributed by atoms with Crippen molar-refractivity contribution in [2.75, 3.05) is 20.6 Å². The van der Waals surface area contributed by atoms with E-state index >= 15 is 0 Å². The Labute approximate surface area is 116 Å². The number of benzene rings is 1. The number of amides is 1. The van der Waals surface area contributed by atoms with E-state index in [1.807, 2.05) is 30.3 Å². The van der Waals surface area contributed by atoms with Gasteiger partial charge in [-0.25, -0.2) is 0 Å². The van der Waals surface area contributed by atoms with Crippen LogP contribution in [0.15, 0.2) is 30.3 Å². The zero-order chi connectivity index (χ0) is 13.7. The Hall–Kier alpha value is -1.35. The summed E-state index contributed by atoms with van der Waals surface area (Å²) in [7, 11) is 4.20. The van der Waals surface area contributed by atoms with E-state index in [2.05, 4.69) is 24.3 Å². The summed E-state index contributed by atoms with van der Waals surface area (Å²) in [4.78, 5) is 14.4. The second-order valence-corrected chi connectivity index (χ2v) is 5.75. The average molecular weight is 260 g/mol. The first-order valence-corrected chi connectivity index (χ1v) is 7.17. The maximum absolute atomic E-state index is 12.2.